The minimum Gasteiger partial charge on any atom is -0.486 e. The van der Waals surface area contributed by atoms with Crippen molar-refractivity contribution in [1.82, 2.24) is 10.2 Å². The second-order valence-electron chi connectivity index (χ2n) is 7.40. The quantitative estimate of drug-likeness (QED) is 0.666. The number of carbonyl (C=O) groups is 1. The fourth-order valence-electron chi connectivity index (χ4n) is 3.04. The number of amides is 1. The number of benzene rings is 1. The van der Waals surface area contributed by atoms with Crippen LogP contribution in [0.15, 0.2) is 18.2 Å². The van der Waals surface area contributed by atoms with Gasteiger partial charge in [-0.3, -0.25) is 4.79 Å². The fourth-order valence-corrected chi connectivity index (χ4v) is 3.04. The van der Waals surface area contributed by atoms with Crippen LogP contribution in [-0.2, 0) is 11.2 Å². The first-order valence-corrected chi connectivity index (χ1v) is 10.5. The molecule has 1 aromatic carbocycles. The summed E-state index contributed by atoms with van der Waals surface area (Å²) in [7, 11) is 2.14. The molecular weight excluding hydrogens is 340 g/mol. The van der Waals surface area contributed by atoms with Crippen LogP contribution in [0.1, 0.15) is 57.4 Å². The van der Waals surface area contributed by atoms with Gasteiger partial charge < -0.3 is 19.7 Å². The number of hydrogen-bond acceptors (Lipinski definition) is 4. The minimum atomic E-state index is 0.161. The molecule has 2 aliphatic rings. The molecule has 1 N–H and O–H groups in total. The molecule has 0 radical (unpaired) electrons. The van der Waals surface area contributed by atoms with Crippen LogP contribution in [0.5, 0.6) is 11.5 Å². The standard InChI is InChI=1S/C18H27NO3.C4H9N/c1-2-3-4-5-6-7-18(20)19-11-10-15-8-9-16-17(14-15)22-13-12-21-16;1-5-3-2-4-5/h8-9,14H,2-7,10-13H2,1H3,(H,19,20);2-4H2,1H3. The average Bonchev–Trinajstić information content (AvgIpc) is 2.66. The Hall–Kier alpha value is -1.75. The van der Waals surface area contributed by atoms with Crippen LogP contribution >= 0.6 is 0 Å². The van der Waals surface area contributed by atoms with E-state index >= 15 is 0 Å². The lowest BCUT2D eigenvalue weighted by molar-refractivity contribution is -0.121. The van der Waals surface area contributed by atoms with E-state index in [9.17, 15) is 4.79 Å². The Morgan fingerprint density at radius 1 is 1.07 bits per heavy atom. The molecule has 1 amide bonds. The van der Waals surface area contributed by atoms with E-state index in [-0.39, 0.29) is 5.91 Å². The number of nitrogens with one attached hydrogen (secondary N) is 1. The zero-order valence-corrected chi connectivity index (χ0v) is 17.1. The summed E-state index contributed by atoms with van der Waals surface area (Å²) in [4.78, 5) is 14.0. The van der Waals surface area contributed by atoms with Gasteiger partial charge in [-0.2, -0.15) is 0 Å². The molecule has 0 unspecified atom stereocenters. The van der Waals surface area contributed by atoms with Gasteiger partial charge >= 0.3 is 0 Å². The Morgan fingerprint density at radius 2 is 1.78 bits per heavy atom. The largest absolute Gasteiger partial charge is 0.486 e. The molecule has 2 aliphatic heterocycles. The number of unbranched alkanes of at least 4 members (excludes halogenated alkanes) is 4. The Balaban J connectivity index is 0.000000451. The Kier molecular flexibility index (Phi) is 10.1. The van der Waals surface area contributed by atoms with Gasteiger partial charge in [0.1, 0.15) is 13.2 Å². The van der Waals surface area contributed by atoms with E-state index in [1.54, 1.807) is 0 Å². The Labute approximate surface area is 164 Å². The molecule has 5 heteroatoms. The van der Waals surface area contributed by atoms with Crippen LogP contribution in [0, 0.1) is 0 Å². The Morgan fingerprint density at radius 3 is 2.44 bits per heavy atom. The van der Waals surface area contributed by atoms with E-state index in [0.29, 0.717) is 26.2 Å². The van der Waals surface area contributed by atoms with E-state index in [0.717, 1.165) is 36.3 Å². The SMILES string of the molecule is CCCCCCCC(=O)NCCc1ccc2c(c1)OCCO2.CN1CCC1. The number of rotatable bonds is 9. The van der Waals surface area contributed by atoms with Crippen molar-refractivity contribution >= 4 is 5.91 Å². The van der Waals surface area contributed by atoms with Gasteiger partial charge in [-0.25, -0.2) is 0 Å². The third-order valence-corrected chi connectivity index (χ3v) is 4.93. The molecule has 0 spiro atoms. The normalized spacial score (nSPS) is 15.3. The summed E-state index contributed by atoms with van der Waals surface area (Å²) in [5.74, 6) is 1.78. The van der Waals surface area contributed by atoms with E-state index in [1.807, 2.05) is 18.2 Å². The van der Waals surface area contributed by atoms with E-state index in [2.05, 4.69) is 24.2 Å². The molecule has 0 aromatic heterocycles. The summed E-state index contributed by atoms with van der Waals surface area (Å²) >= 11 is 0. The van der Waals surface area contributed by atoms with Gasteiger partial charge in [-0.05, 0) is 57.1 Å². The molecule has 2 heterocycles. The first-order chi connectivity index (χ1) is 13.2. The fraction of sp³-hybridized carbons (Fsp3) is 0.682. The van der Waals surface area contributed by atoms with Gasteiger partial charge in [-0.15, -0.1) is 0 Å². The first kappa shape index (κ1) is 21.5. The smallest absolute Gasteiger partial charge is 0.220 e. The zero-order chi connectivity index (χ0) is 19.3. The zero-order valence-electron chi connectivity index (χ0n) is 17.1. The molecular formula is C22H36N2O3. The molecule has 5 nitrogen and oxygen atoms in total. The van der Waals surface area contributed by atoms with Crippen LogP contribution in [-0.4, -0.2) is 50.7 Å². The van der Waals surface area contributed by atoms with Gasteiger partial charge in [0.25, 0.3) is 0 Å². The molecule has 27 heavy (non-hydrogen) atoms. The van der Waals surface area contributed by atoms with Crippen LogP contribution in [0.2, 0.25) is 0 Å². The highest BCUT2D eigenvalue weighted by atomic mass is 16.6. The molecule has 3 rings (SSSR count). The number of fused-ring (bicyclic) bond motifs is 1. The predicted molar refractivity (Wildman–Crippen MR) is 110 cm³/mol. The monoisotopic (exact) mass is 376 g/mol. The third-order valence-electron chi connectivity index (χ3n) is 4.93. The molecule has 1 aromatic rings. The first-order valence-electron chi connectivity index (χ1n) is 10.5. The van der Waals surface area contributed by atoms with Crippen molar-refractivity contribution in [2.45, 2.75) is 58.3 Å². The van der Waals surface area contributed by atoms with E-state index < -0.39 is 0 Å². The topological polar surface area (TPSA) is 50.8 Å². The number of carbonyl (C=O) groups excluding carboxylic acids is 1. The summed E-state index contributed by atoms with van der Waals surface area (Å²) < 4.78 is 11.1. The Bertz CT molecular complexity index is 558. The highest BCUT2D eigenvalue weighted by Gasteiger charge is 2.11. The lowest BCUT2D eigenvalue weighted by atomic mass is 10.1. The van der Waals surface area contributed by atoms with Crippen molar-refractivity contribution < 1.29 is 14.3 Å². The maximum Gasteiger partial charge on any atom is 0.220 e. The lowest BCUT2D eigenvalue weighted by Gasteiger charge is -2.24. The van der Waals surface area contributed by atoms with Crippen LogP contribution in [0.3, 0.4) is 0 Å². The average molecular weight is 377 g/mol. The van der Waals surface area contributed by atoms with Crippen LogP contribution in [0.25, 0.3) is 0 Å². The molecule has 1 saturated heterocycles. The van der Waals surface area contributed by atoms with Crippen molar-refractivity contribution in [2.24, 2.45) is 0 Å². The number of hydrogen-bond donors (Lipinski definition) is 1. The molecule has 0 bridgehead atoms. The van der Waals surface area contributed by atoms with Crippen molar-refractivity contribution in [1.29, 1.82) is 0 Å². The second kappa shape index (κ2) is 12.6. The summed E-state index contributed by atoms with van der Waals surface area (Å²) in [6, 6.07) is 5.98. The summed E-state index contributed by atoms with van der Waals surface area (Å²) in [5, 5.41) is 2.99. The van der Waals surface area contributed by atoms with Crippen LogP contribution < -0.4 is 14.8 Å². The third kappa shape index (κ3) is 8.65. The summed E-state index contributed by atoms with van der Waals surface area (Å²) in [6.45, 7) is 6.73. The molecule has 0 aliphatic carbocycles. The number of nitrogens with zero attached hydrogens (tertiary/aromatic N) is 1. The van der Waals surface area contributed by atoms with Crippen molar-refractivity contribution in [2.75, 3.05) is 39.9 Å². The van der Waals surface area contributed by atoms with Crippen molar-refractivity contribution in [3.8, 4) is 11.5 Å². The van der Waals surface area contributed by atoms with Crippen molar-refractivity contribution in [3.05, 3.63) is 23.8 Å². The highest BCUT2D eigenvalue weighted by Crippen LogP contribution is 2.30. The lowest BCUT2D eigenvalue weighted by Crippen LogP contribution is -2.32. The molecule has 152 valence electrons. The van der Waals surface area contributed by atoms with Crippen LogP contribution in [0.4, 0.5) is 0 Å². The molecule has 1 fully saturated rings. The second-order valence-corrected chi connectivity index (χ2v) is 7.40. The van der Waals surface area contributed by atoms with Gasteiger partial charge in [-0.1, -0.05) is 38.7 Å². The number of ether oxygens (including phenoxy) is 2. The van der Waals surface area contributed by atoms with E-state index in [1.165, 1.54) is 38.8 Å². The van der Waals surface area contributed by atoms with E-state index in [4.69, 9.17) is 9.47 Å². The van der Waals surface area contributed by atoms with Gasteiger partial charge in [0, 0.05) is 13.0 Å². The van der Waals surface area contributed by atoms with Gasteiger partial charge in [0.05, 0.1) is 0 Å². The minimum absolute atomic E-state index is 0.161. The molecule has 0 atom stereocenters. The molecule has 0 saturated carbocycles. The predicted octanol–water partition coefficient (Wildman–Crippen LogP) is 3.80. The number of likely N-dealkylation sites (tertiary alicyclic amines) is 1. The van der Waals surface area contributed by atoms with Gasteiger partial charge in [0.2, 0.25) is 5.91 Å². The van der Waals surface area contributed by atoms with Crippen molar-refractivity contribution in [3.63, 3.8) is 0 Å². The maximum atomic E-state index is 11.7. The summed E-state index contributed by atoms with van der Waals surface area (Å²) in [5.41, 5.74) is 1.16. The highest BCUT2D eigenvalue weighted by molar-refractivity contribution is 5.75. The van der Waals surface area contributed by atoms with Gasteiger partial charge in [0.15, 0.2) is 11.5 Å². The summed E-state index contributed by atoms with van der Waals surface area (Å²) in [6.07, 6.45) is 8.77. The maximum absolute atomic E-state index is 11.7.